The van der Waals surface area contributed by atoms with E-state index in [9.17, 15) is 0 Å². The quantitative estimate of drug-likeness (QED) is 0.808. The van der Waals surface area contributed by atoms with E-state index in [0.717, 1.165) is 38.1 Å². The maximum absolute atomic E-state index is 5.31. The molecule has 0 aromatic carbocycles. The summed E-state index contributed by atoms with van der Waals surface area (Å²) < 4.78 is 5.31. The highest BCUT2D eigenvalue weighted by molar-refractivity contribution is 5.27. The fraction of sp³-hybridized carbons (Fsp3) is 0.438. The summed E-state index contributed by atoms with van der Waals surface area (Å²) >= 11 is 0. The molecule has 0 atom stereocenters. The Morgan fingerprint density at radius 2 is 2.21 bits per heavy atom. The third-order valence-corrected chi connectivity index (χ3v) is 3.65. The summed E-state index contributed by atoms with van der Waals surface area (Å²) in [6.45, 7) is 1.87. The highest BCUT2D eigenvalue weighted by atomic mass is 16.3. The highest BCUT2D eigenvalue weighted by Crippen LogP contribution is 2.19. The molecule has 0 aliphatic heterocycles. The van der Waals surface area contributed by atoms with Gasteiger partial charge in [-0.25, -0.2) is 0 Å². The van der Waals surface area contributed by atoms with Crippen molar-refractivity contribution in [3.05, 3.63) is 53.2 Å². The molecule has 0 unspecified atom stereocenters. The molecule has 2 heterocycles. The maximum Gasteiger partial charge on any atom is 0.103 e. The Balaban J connectivity index is 1.40. The first-order chi connectivity index (χ1) is 9.42. The molecule has 0 saturated carbocycles. The second-order valence-electron chi connectivity index (χ2n) is 5.12. The molecule has 100 valence electrons. The third kappa shape index (κ3) is 3.24. The van der Waals surface area contributed by atoms with Crippen molar-refractivity contribution in [3.63, 3.8) is 0 Å². The van der Waals surface area contributed by atoms with Gasteiger partial charge >= 0.3 is 0 Å². The van der Waals surface area contributed by atoms with Crippen molar-refractivity contribution in [1.82, 2.24) is 10.3 Å². The zero-order valence-electron chi connectivity index (χ0n) is 11.2. The molecule has 0 spiro atoms. The first-order valence-corrected chi connectivity index (χ1v) is 7.12. The minimum absolute atomic E-state index is 0.867. The van der Waals surface area contributed by atoms with Crippen molar-refractivity contribution in [1.29, 1.82) is 0 Å². The van der Waals surface area contributed by atoms with Crippen LogP contribution in [0.1, 0.15) is 35.6 Å². The second kappa shape index (κ2) is 6.02. The lowest BCUT2D eigenvalue weighted by atomic mass is 10.2. The minimum atomic E-state index is 0.867. The summed E-state index contributed by atoms with van der Waals surface area (Å²) in [5.74, 6) is 1.07. The smallest absolute Gasteiger partial charge is 0.103 e. The molecule has 2 aromatic heterocycles. The summed E-state index contributed by atoms with van der Waals surface area (Å²) in [4.78, 5) is 4.72. The van der Waals surface area contributed by atoms with Gasteiger partial charge in [0, 0.05) is 18.7 Å². The SMILES string of the molecule is c1coc(CCCNCc2ccc3c(n2)CCC3)c1. The van der Waals surface area contributed by atoms with E-state index in [-0.39, 0.29) is 0 Å². The van der Waals surface area contributed by atoms with E-state index < -0.39 is 0 Å². The third-order valence-electron chi connectivity index (χ3n) is 3.65. The van der Waals surface area contributed by atoms with Crippen molar-refractivity contribution >= 4 is 0 Å². The molecular weight excluding hydrogens is 236 g/mol. The molecule has 0 radical (unpaired) electrons. The fourth-order valence-corrected chi connectivity index (χ4v) is 2.62. The van der Waals surface area contributed by atoms with E-state index in [1.54, 1.807) is 6.26 Å². The van der Waals surface area contributed by atoms with E-state index in [2.05, 4.69) is 17.4 Å². The number of rotatable bonds is 6. The van der Waals surface area contributed by atoms with Crippen LogP contribution in [0.25, 0.3) is 0 Å². The van der Waals surface area contributed by atoms with Gasteiger partial charge in [0.2, 0.25) is 0 Å². The average molecular weight is 256 g/mol. The lowest BCUT2D eigenvalue weighted by Crippen LogP contribution is -2.16. The normalized spacial score (nSPS) is 13.7. The van der Waals surface area contributed by atoms with Crippen LogP contribution in [0.4, 0.5) is 0 Å². The molecule has 2 aromatic rings. The minimum Gasteiger partial charge on any atom is -0.469 e. The van der Waals surface area contributed by atoms with Crippen LogP contribution in [0.15, 0.2) is 34.9 Å². The number of hydrogen-bond acceptors (Lipinski definition) is 3. The molecule has 3 nitrogen and oxygen atoms in total. The molecule has 1 aliphatic rings. The summed E-state index contributed by atoms with van der Waals surface area (Å²) in [6, 6.07) is 8.37. The fourth-order valence-electron chi connectivity index (χ4n) is 2.62. The lowest BCUT2D eigenvalue weighted by Gasteiger charge is -2.06. The van der Waals surface area contributed by atoms with E-state index >= 15 is 0 Å². The van der Waals surface area contributed by atoms with Crippen LogP contribution >= 0.6 is 0 Å². The van der Waals surface area contributed by atoms with Gasteiger partial charge in [0.15, 0.2) is 0 Å². The predicted molar refractivity (Wildman–Crippen MR) is 75.0 cm³/mol. The summed E-state index contributed by atoms with van der Waals surface area (Å²) in [7, 11) is 0. The Hall–Kier alpha value is -1.61. The average Bonchev–Trinajstić information content (AvgIpc) is 3.08. The van der Waals surface area contributed by atoms with Gasteiger partial charge in [-0.2, -0.15) is 0 Å². The standard InChI is InChI=1S/C16H20N2O/c1-4-13-8-9-14(18-16(13)7-1)12-17-10-2-5-15-6-3-11-19-15/h3,6,8-9,11,17H,1-2,4-5,7,10,12H2. The van der Waals surface area contributed by atoms with Crippen molar-refractivity contribution in [2.75, 3.05) is 6.54 Å². The van der Waals surface area contributed by atoms with Crippen LogP contribution in [-0.2, 0) is 25.8 Å². The zero-order valence-corrected chi connectivity index (χ0v) is 11.2. The number of aryl methyl sites for hydroxylation is 3. The molecule has 0 fully saturated rings. The molecule has 1 N–H and O–H groups in total. The maximum atomic E-state index is 5.31. The van der Waals surface area contributed by atoms with Gasteiger partial charge in [-0.3, -0.25) is 4.98 Å². The van der Waals surface area contributed by atoms with Gasteiger partial charge in [-0.15, -0.1) is 0 Å². The van der Waals surface area contributed by atoms with Gasteiger partial charge in [-0.05, 0) is 56.0 Å². The number of pyridine rings is 1. The van der Waals surface area contributed by atoms with Crippen LogP contribution in [0.5, 0.6) is 0 Å². The topological polar surface area (TPSA) is 38.1 Å². The van der Waals surface area contributed by atoms with Crippen LogP contribution in [0.3, 0.4) is 0 Å². The monoisotopic (exact) mass is 256 g/mol. The van der Waals surface area contributed by atoms with Gasteiger partial charge in [-0.1, -0.05) is 6.07 Å². The van der Waals surface area contributed by atoms with Crippen LogP contribution in [-0.4, -0.2) is 11.5 Å². The molecule has 1 aliphatic carbocycles. The Bertz CT molecular complexity index is 520. The van der Waals surface area contributed by atoms with Gasteiger partial charge in [0.25, 0.3) is 0 Å². The Morgan fingerprint density at radius 1 is 1.21 bits per heavy atom. The lowest BCUT2D eigenvalue weighted by molar-refractivity contribution is 0.495. The molecule has 3 rings (SSSR count). The Kier molecular flexibility index (Phi) is 3.94. The van der Waals surface area contributed by atoms with E-state index in [1.165, 1.54) is 29.8 Å². The number of fused-ring (bicyclic) bond motifs is 1. The number of aromatic nitrogens is 1. The van der Waals surface area contributed by atoms with Crippen LogP contribution < -0.4 is 5.32 Å². The van der Waals surface area contributed by atoms with Crippen molar-refractivity contribution in [2.24, 2.45) is 0 Å². The summed E-state index contributed by atoms with van der Waals surface area (Å²) in [5, 5.41) is 3.45. The number of nitrogens with one attached hydrogen (secondary N) is 1. The van der Waals surface area contributed by atoms with Crippen molar-refractivity contribution in [2.45, 2.75) is 38.6 Å². The van der Waals surface area contributed by atoms with Crippen molar-refractivity contribution in [3.8, 4) is 0 Å². The number of furan rings is 1. The van der Waals surface area contributed by atoms with Gasteiger partial charge in [0.1, 0.15) is 5.76 Å². The van der Waals surface area contributed by atoms with E-state index in [1.807, 2.05) is 12.1 Å². The number of hydrogen-bond donors (Lipinski definition) is 1. The molecule has 0 bridgehead atoms. The van der Waals surface area contributed by atoms with E-state index in [0.29, 0.717) is 0 Å². The molecule has 0 amide bonds. The van der Waals surface area contributed by atoms with Crippen LogP contribution in [0.2, 0.25) is 0 Å². The number of nitrogens with zero attached hydrogens (tertiary/aromatic N) is 1. The second-order valence-corrected chi connectivity index (χ2v) is 5.12. The van der Waals surface area contributed by atoms with Crippen LogP contribution in [0, 0.1) is 0 Å². The largest absolute Gasteiger partial charge is 0.469 e. The Labute approximate surface area is 114 Å². The first-order valence-electron chi connectivity index (χ1n) is 7.12. The molecule has 3 heteroatoms. The van der Waals surface area contributed by atoms with Crippen molar-refractivity contribution < 1.29 is 4.42 Å². The molecule has 0 saturated heterocycles. The van der Waals surface area contributed by atoms with E-state index in [4.69, 9.17) is 9.40 Å². The predicted octanol–water partition coefficient (Wildman–Crippen LogP) is 2.89. The van der Waals surface area contributed by atoms with Gasteiger partial charge < -0.3 is 9.73 Å². The highest BCUT2D eigenvalue weighted by Gasteiger charge is 2.11. The van der Waals surface area contributed by atoms with Gasteiger partial charge in [0.05, 0.1) is 12.0 Å². The molecular formula is C16H20N2O. The summed E-state index contributed by atoms with van der Waals surface area (Å²) in [5.41, 5.74) is 3.93. The zero-order chi connectivity index (χ0) is 12.9. The summed E-state index contributed by atoms with van der Waals surface area (Å²) in [6.07, 6.45) is 7.45. The Morgan fingerprint density at radius 3 is 3.11 bits per heavy atom. The first kappa shape index (κ1) is 12.4. The molecule has 19 heavy (non-hydrogen) atoms.